The number of benzene rings is 1. The highest BCUT2D eigenvalue weighted by molar-refractivity contribution is 5.49. The molecule has 1 aromatic rings. The van der Waals surface area contributed by atoms with Crippen molar-refractivity contribution >= 4 is 11.8 Å². The zero-order valence-corrected chi connectivity index (χ0v) is 8.37. The summed E-state index contributed by atoms with van der Waals surface area (Å²) in [7, 11) is 0. The van der Waals surface area contributed by atoms with Crippen LogP contribution in [0.5, 0.6) is 5.75 Å². The van der Waals surface area contributed by atoms with Gasteiger partial charge in [0.25, 0.3) is 0 Å². The first-order chi connectivity index (χ1) is 7.95. The van der Waals surface area contributed by atoms with Gasteiger partial charge >= 0.3 is 12.3 Å². The van der Waals surface area contributed by atoms with Crippen molar-refractivity contribution in [3.63, 3.8) is 0 Å². The predicted octanol–water partition coefficient (Wildman–Crippen LogP) is 2.93. The van der Waals surface area contributed by atoms with Gasteiger partial charge in [-0.3, -0.25) is 0 Å². The summed E-state index contributed by atoms with van der Waals surface area (Å²) in [5.74, 6) is -4.21. The van der Waals surface area contributed by atoms with E-state index in [1.807, 2.05) is 0 Å². The molecule has 0 atom stereocenters. The van der Waals surface area contributed by atoms with Crippen molar-refractivity contribution in [1.82, 2.24) is 0 Å². The van der Waals surface area contributed by atoms with Crippen molar-refractivity contribution in [2.75, 3.05) is 6.61 Å². The predicted molar refractivity (Wildman–Crippen MR) is 50.7 cm³/mol. The third-order valence-corrected chi connectivity index (χ3v) is 1.76. The molecule has 92 valence electrons. The van der Waals surface area contributed by atoms with E-state index in [1.54, 1.807) is 0 Å². The molecule has 17 heavy (non-hydrogen) atoms. The lowest BCUT2D eigenvalue weighted by Gasteiger charge is -2.15. The Morgan fingerprint density at radius 1 is 1.29 bits per heavy atom. The van der Waals surface area contributed by atoms with Crippen LogP contribution >= 0.6 is 0 Å². The number of hydrogen-bond acceptors (Lipinski definition) is 3. The molecule has 3 nitrogen and oxygen atoms in total. The van der Waals surface area contributed by atoms with E-state index in [1.165, 1.54) is 30.3 Å². The highest BCUT2D eigenvalue weighted by atomic mass is 19.3. The maximum absolute atomic E-state index is 12.5. The maximum atomic E-state index is 12.5. The molecule has 0 spiro atoms. The first kappa shape index (κ1) is 13.2. The van der Waals surface area contributed by atoms with Gasteiger partial charge in [0.15, 0.2) is 6.61 Å². The van der Waals surface area contributed by atoms with Crippen LogP contribution < -0.4 is 4.74 Å². The fourth-order valence-electron chi connectivity index (χ4n) is 0.912. The molecule has 0 aliphatic heterocycles. The van der Waals surface area contributed by atoms with Crippen LogP contribution in [-0.2, 0) is 4.79 Å². The topological polar surface area (TPSA) is 38.7 Å². The summed E-state index contributed by atoms with van der Waals surface area (Å²) in [5, 5.41) is 0. The van der Waals surface area contributed by atoms with Gasteiger partial charge in [0.1, 0.15) is 5.75 Å². The monoisotopic (exact) mass is 249 g/mol. The Balaban J connectivity index is 2.61. The molecular weight excluding hydrogens is 242 g/mol. The van der Waals surface area contributed by atoms with Crippen LogP contribution in [0, 0.1) is 0 Å². The quantitative estimate of drug-likeness (QED) is 0.457. The van der Waals surface area contributed by atoms with Crippen LogP contribution in [0.1, 0.15) is 0 Å². The number of ether oxygens (including phenoxy) is 1. The Bertz CT molecular complexity index is 413. The van der Waals surface area contributed by atoms with E-state index in [4.69, 9.17) is 0 Å². The summed E-state index contributed by atoms with van der Waals surface area (Å²) in [4.78, 5) is 13.1. The Labute approximate surface area is 93.7 Å². The van der Waals surface area contributed by atoms with Crippen LogP contribution in [-0.4, -0.2) is 25.0 Å². The molecule has 1 aromatic carbocycles. The number of halogens is 4. The van der Waals surface area contributed by atoms with Gasteiger partial charge in [-0.15, -0.1) is 0 Å². The van der Waals surface area contributed by atoms with Gasteiger partial charge in [-0.1, -0.05) is 0 Å². The average Bonchev–Trinajstić information content (AvgIpc) is 2.28. The number of aliphatic imine (C=N–C) groups is 1. The number of rotatable bonds is 5. The molecule has 0 saturated carbocycles. The third-order valence-electron chi connectivity index (χ3n) is 1.76. The first-order valence-electron chi connectivity index (χ1n) is 4.42. The maximum Gasteiger partial charge on any atom is 0.340 e. The number of alkyl halides is 4. The Hall–Kier alpha value is -1.88. The molecule has 0 aromatic heterocycles. The summed E-state index contributed by atoms with van der Waals surface area (Å²) < 4.78 is 53.1. The standard InChI is InChI=1S/C10H7F4NO2/c11-9(12)10(13,14)5-17-8-3-1-7(2-4-8)15-6-16/h1-4,9H,5H2. The molecule has 0 aliphatic rings. The first-order valence-corrected chi connectivity index (χ1v) is 4.42. The second-order valence-corrected chi connectivity index (χ2v) is 3.05. The van der Waals surface area contributed by atoms with Gasteiger partial charge in [-0.2, -0.15) is 13.8 Å². The summed E-state index contributed by atoms with van der Waals surface area (Å²) in [6.45, 7) is -1.42. The van der Waals surface area contributed by atoms with Crippen LogP contribution in [0.4, 0.5) is 23.2 Å². The number of isocyanates is 1. The van der Waals surface area contributed by atoms with E-state index >= 15 is 0 Å². The van der Waals surface area contributed by atoms with Gasteiger partial charge in [-0.25, -0.2) is 13.6 Å². The molecule has 0 amide bonds. The highest BCUT2D eigenvalue weighted by Gasteiger charge is 2.41. The SMILES string of the molecule is O=C=Nc1ccc(OCC(F)(F)C(F)F)cc1. The van der Waals surface area contributed by atoms with Crippen LogP contribution in [0.3, 0.4) is 0 Å². The third kappa shape index (κ3) is 3.88. The number of carbonyl (C=O) groups excluding carboxylic acids is 1. The number of hydrogen-bond donors (Lipinski definition) is 0. The minimum Gasteiger partial charge on any atom is -0.487 e. The molecule has 0 radical (unpaired) electrons. The highest BCUT2D eigenvalue weighted by Crippen LogP contribution is 2.25. The lowest BCUT2D eigenvalue weighted by Crippen LogP contribution is -2.33. The van der Waals surface area contributed by atoms with E-state index in [2.05, 4.69) is 9.73 Å². The average molecular weight is 249 g/mol. The van der Waals surface area contributed by atoms with Crippen molar-refractivity contribution in [1.29, 1.82) is 0 Å². The number of nitrogens with zero attached hydrogens (tertiary/aromatic N) is 1. The Kier molecular flexibility index (Phi) is 4.23. The van der Waals surface area contributed by atoms with E-state index in [0.717, 1.165) is 0 Å². The van der Waals surface area contributed by atoms with Gasteiger partial charge < -0.3 is 4.74 Å². The molecule has 0 heterocycles. The molecule has 7 heteroatoms. The van der Waals surface area contributed by atoms with Crippen molar-refractivity contribution in [3.05, 3.63) is 24.3 Å². The largest absolute Gasteiger partial charge is 0.487 e. The minimum absolute atomic E-state index is 0.0184. The zero-order valence-electron chi connectivity index (χ0n) is 8.37. The summed E-state index contributed by atoms with van der Waals surface area (Å²) in [6.07, 6.45) is -2.49. The van der Waals surface area contributed by atoms with Crippen LogP contribution in [0.2, 0.25) is 0 Å². The zero-order chi connectivity index (χ0) is 12.9. The molecule has 1 rings (SSSR count). The second-order valence-electron chi connectivity index (χ2n) is 3.05. The van der Waals surface area contributed by atoms with Crippen LogP contribution in [0.15, 0.2) is 29.3 Å². The smallest absolute Gasteiger partial charge is 0.340 e. The molecule has 0 unspecified atom stereocenters. The molecule has 0 aliphatic carbocycles. The van der Waals surface area contributed by atoms with Gasteiger partial charge in [0.2, 0.25) is 6.08 Å². The lowest BCUT2D eigenvalue weighted by molar-refractivity contribution is -0.148. The fourth-order valence-corrected chi connectivity index (χ4v) is 0.912. The van der Waals surface area contributed by atoms with E-state index < -0.39 is 19.0 Å². The van der Waals surface area contributed by atoms with E-state index in [0.29, 0.717) is 0 Å². The molecule has 0 N–H and O–H groups in total. The Morgan fingerprint density at radius 3 is 2.35 bits per heavy atom. The molecule has 0 saturated heterocycles. The van der Waals surface area contributed by atoms with Crippen LogP contribution in [0.25, 0.3) is 0 Å². The summed E-state index contributed by atoms with van der Waals surface area (Å²) >= 11 is 0. The second kappa shape index (κ2) is 5.45. The van der Waals surface area contributed by atoms with E-state index in [9.17, 15) is 22.4 Å². The van der Waals surface area contributed by atoms with Gasteiger partial charge in [0.05, 0.1) is 5.69 Å². The Morgan fingerprint density at radius 2 is 1.88 bits per heavy atom. The van der Waals surface area contributed by atoms with Gasteiger partial charge in [-0.05, 0) is 24.3 Å². The summed E-state index contributed by atoms with van der Waals surface area (Å²) in [6, 6.07) is 5.08. The van der Waals surface area contributed by atoms with Crippen molar-refractivity contribution < 1.29 is 27.1 Å². The minimum atomic E-state index is -4.19. The molecule has 0 bridgehead atoms. The summed E-state index contributed by atoms with van der Waals surface area (Å²) in [5.41, 5.74) is 0.257. The molecular formula is C10H7F4NO2. The molecule has 0 fully saturated rings. The normalized spacial score (nSPS) is 11.1. The fraction of sp³-hybridized carbons (Fsp3) is 0.300. The lowest BCUT2D eigenvalue weighted by atomic mass is 10.3. The van der Waals surface area contributed by atoms with Crippen molar-refractivity contribution in [2.24, 2.45) is 4.99 Å². The van der Waals surface area contributed by atoms with Gasteiger partial charge in [0, 0.05) is 0 Å². The van der Waals surface area contributed by atoms with E-state index in [-0.39, 0.29) is 11.4 Å². The van der Waals surface area contributed by atoms with Crippen molar-refractivity contribution in [2.45, 2.75) is 12.3 Å². The van der Waals surface area contributed by atoms with Crippen molar-refractivity contribution in [3.8, 4) is 5.75 Å².